The van der Waals surface area contributed by atoms with Crippen LogP contribution in [0.4, 0.5) is 5.69 Å². The van der Waals surface area contributed by atoms with Crippen LogP contribution in [-0.4, -0.2) is 31.7 Å². The molecular formula is C13H12N6O2. The molecule has 2 aromatic rings. The molecule has 1 heterocycles. The van der Waals surface area contributed by atoms with Gasteiger partial charge in [0.2, 0.25) is 5.82 Å². The first-order valence-electron chi connectivity index (χ1n) is 6.02. The second-order valence-corrected chi connectivity index (χ2v) is 4.27. The number of carboxylic acid groups (broad SMARTS) is 1. The second kappa shape index (κ2) is 6.29. The Balaban J connectivity index is 2.23. The zero-order chi connectivity index (χ0) is 15.2. The lowest BCUT2D eigenvalue weighted by molar-refractivity contribution is -0.136. The first kappa shape index (κ1) is 14.2. The molecule has 0 bridgehead atoms. The maximum absolute atomic E-state index is 10.7. The van der Waals surface area contributed by atoms with Crippen molar-refractivity contribution in [1.82, 2.24) is 20.6 Å². The summed E-state index contributed by atoms with van der Waals surface area (Å²) in [5.41, 5.74) is 2.52. The summed E-state index contributed by atoms with van der Waals surface area (Å²) < 4.78 is 0. The number of aromatic nitrogens is 4. The minimum absolute atomic E-state index is 0.0609. The van der Waals surface area contributed by atoms with Gasteiger partial charge in [0.15, 0.2) is 0 Å². The molecule has 1 aromatic heterocycles. The number of tetrazole rings is 1. The number of benzene rings is 1. The standard InChI is InChI=1S/C13H12N6O2/c1-8-2-3-9(5-12(20)21)4-11(8)15-7-10(6-14)13-16-18-19-17-13/h2-4,7,15H,5H2,1H3,(H,20,21)(H,16,17,18,19). The monoisotopic (exact) mass is 284 g/mol. The molecule has 0 aliphatic rings. The molecule has 0 aliphatic carbocycles. The number of allylic oxidation sites excluding steroid dienone is 1. The quantitative estimate of drug-likeness (QED) is 0.701. The highest BCUT2D eigenvalue weighted by molar-refractivity contribution is 5.75. The van der Waals surface area contributed by atoms with Gasteiger partial charge in [-0.15, -0.1) is 10.2 Å². The average molecular weight is 284 g/mol. The van der Waals surface area contributed by atoms with Crippen molar-refractivity contribution in [3.8, 4) is 6.07 Å². The summed E-state index contributed by atoms with van der Waals surface area (Å²) in [6.07, 6.45) is 1.40. The van der Waals surface area contributed by atoms with Crippen LogP contribution >= 0.6 is 0 Å². The van der Waals surface area contributed by atoms with Gasteiger partial charge in [0.05, 0.1) is 6.42 Å². The maximum Gasteiger partial charge on any atom is 0.307 e. The highest BCUT2D eigenvalue weighted by atomic mass is 16.4. The van der Waals surface area contributed by atoms with Crippen molar-refractivity contribution in [2.24, 2.45) is 0 Å². The lowest BCUT2D eigenvalue weighted by Crippen LogP contribution is -2.01. The first-order valence-corrected chi connectivity index (χ1v) is 6.02. The van der Waals surface area contributed by atoms with Crippen LogP contribution in [0.15, 0.2) is 24.4 Å². The van der Waals surface area contributed by atoms with E-state index in [1.54, 1.807) is 12.1 Å². The molecule has 2 rings (SSSR count). The number of hydrogen-bond acceptors (Lipinski definition) is 6. The van der Waals surface area contributed by atoms with Crippen LogP contribution in [0.25, 0.3) is 5.57 Å². The number of anilines is 1. The molecule has 8 nitrogen and oxygen atoms in total. The molecule has 0 atom stereocenters. The van der Waals surface area contributed by atoms with Gasteiger partial charge in [-0.1, -0.05) is 12.1 Å². The van der Waals surface area contributed by atoms with E-state index >= 15 is 0 Å². The number of aromatic amines is 1. The van der Waals surface area contributed by atoms with E-state index in [9.17, 15) is 4.79 Å². The van der Waals surface area contributed by atoms with Crippen molar-refractivity contribution in [3.63, 3.8) is 0 Å². The number of H-pyrrole nitrogens is 1. The van der Waals surface area contributed by atoms with E-state index < -0.39 is 5.97 Å². The van der Waals surface area contributed by atoms with Gasteiger partial charge in [-0.2, -0.15) is 10.5 Å². The number of carbonyl (C=O) groups is 1. The molecule has 0 amide bonds. The molecule has 0 saturated heterocycles. The number of rotatable bonds is 5. The van der Waals surface area contributed by atoms with E-state index in [1.165, 1.54) is 6.20 Å². The molecule has 1 aromatic carbocycles. The fourth-order valence-electron chi connectivity index (χ4n) is 1.68. The Bertz CT molecular complexity index is 715. The number of hydrogen-bond donors (Lipinski definition) is 3. The van der Waals surface area contributed by atoms with Gasteiger partial charge in [0, 0.05) is 11.9 Å². The Kier molecular flexibility index (Phi) is 4.26. The molecule has 0 saturated carbocycles. The van der Waals surface area contributed by atoms with Crippen LogP contribution in [0.5, 0.6) is 0 Å². The van der Waals surface area contributed by atoms with Gasteiger partial charge in [0.1, 0.15) is 11.6 Å². The minimum atomic E-state index is -0.898. The summed E-state index contributed by atoms with van der Waals surface area (Å²) in [7, 11) is 0. The third kappa shape index (κ3) is 3.63. The van der Waals surface area contributed by atoms with Crippen LogP contribution < -0.4 is 5.32 Å². The van der Waals surface area contributed by atoms with E-state index in [1.807, 2.05) is 19.1 Å². The van der Waals surface area contributed by atoms with Crippen LogP contribution in [-0.2, 0) is 11.2 Å². The summed E-state index contributed by atoms with van der Waals surface area (Å²) in [5, 5.41) is 33.9. The van der Waals surface area contributed by atoms with E-state index in [-0.39, 0.29) is 17.8 Å². The SMILES string of the molecule is Cc1ccc(CC(=O)O)cc1NC=C(C#N)c1nn[nH]n1. The number of nitrogens with one attached hydrogen (secondary N) is 2. The summed E-state index contributed by atoms with van der Waals surface area (Å²) in [4.78, 5) is 10.7. The van der Waals surface area contributed by atoms with E-state index in [4.69, 9.17) is 10.4 Å². The zero-order valence-corrected chi connectivity index (χ0v) is 11.2. The largest absolute Gasteiger partial charge is 0.481 e. The minimum Gasteiger partial charge on any atom is -0.481 e. The third-order valence-corrected chi connectivity index (χ3v) is 2.74. The lowest BCUT2D eigenvalue weighted by Gasteiger charge is -2.08. The first-order chi connectivity index (χ1) is 10.1. The molecule has 3 N–H and O–H groups in total. The molecule has 0 unspecified atom stereocenters. The Hall–Kier alpha value is -3.21. The Morgan fingerprint density at radius 3 is 3.00 bits per heavy atom. The number of aryl methyl sites for hydroxylation is 1. The van der Waals surface area contributed by atoms with Gasteiger partial charge in [-0.25, -0.2) is 0 Å². The van der Waals surface area contributed by atoms with Crippen molar-refractivity contribution in [1.29, 1.82) is 5.26 Å². The molecule has 21 heavy (non-hydrogen) atoms. The third-order valence-electron chi connectivity index (χ3n) is 2.74. The Labute approximate surface area is 120 Å². The summed E-state index contributed by atoms with van der Waals surface area (Å²) in [6, 6.07) is 7.25. The van der Waals surface area contributed by atoms with Gasteiger partial charge >= 0.3 is 5.97 Å². The fourth-order valence-corrected chi connectivity index (χ4v) is 1.68. The molecule has 0 fully saturated rings. The number of carboxylic acids is 1. The molecular weight excluding hydrogens is 272 g/mol. The average Bonchev–Trinajstić information content (AvgIpc) is 2.96. The second-order valence-electron chi connectivity index (χ2n) is 4.27. The number of nitriles is 1. The van der Waals surface area contributed by atoms with Crippen LogP contribution in [0.2, 0.25) is 0 Å². The molecule has 0 spiro atoms. The van der Waals surface area contributed by atoms with Gasteiger partial charge in [-0.05, 0) is 29.3 Å². The highest BCUT2D eigenvalue weighted by Crippen LogP contribution is 2.18. The normalized spacial score (nSPS) is 11.0. The van der Waals surface area contributed by atoms with Crippen molar-refractivity contribution >= 4 is 17.2 Å². The van der Waals surface area contributed by atoms with Gasteiger partial charge in [0.25, 0.3) is 0 Å². The molecule has 8 heteroatoms. The summed E-state index contributed by atoms with van der Waals surface area (Å²) >= 11 is 0. The van der Waals surface area contributed by atoms with Gasteiger partial charge in [-0.3, -0.25) is 4.79 Å². The highest BCUT2D eigenvalue weighted by Gasteiger charge is 2.07. The Morgan fingerprint density at radius 2 is 2.38 bits per heavy atom. The summed E-state index contributed by atoms with van der Waals surface area (Å²) in [5.74, 6) is -0.714. The number of aliphatic carboxylic acids is 1. The fraction of sp³-hybridized carbons (Fsp3) is 0.154. The van der Waals surface area contributed by atoms with Crippen LogP contribution in [0.3, 0.4) is 0 Å². The molecule has 0 radical (unpaired) electrons. The van der Waals surface area contributed by atoms with Crippen molar-refractivity contribution in [3.05, 3.63) is 41.4 Å². The predicted octanol–water partition coefficient (Wildman–Crippen LogP) is 1.11. The van der Waals surface area contributed by atoms with E-state index in [0.29, 0.717) is 11.3 Å². The predicted molar refractivity (Wildman–Crippen MR) is 73.9 cm³/mol. The van der Waals surface area contributed by atoms with Crippen molar-refractivity contribution in [2.45, 2.75) is 13.3 Å². The smallest absolute Gasteiger partial charge is 0.307 e. The van der Waals surface area contributed by atoms with Crippen LogP contribution in [0, 0.1) is 18.3 Å². The topological polar surface area (TPSA) is 128 Å². The van der Waals surface area contributed by atoms with Crippen molar-refractivity contribution in [2.75, 3.05) is 5.32 Å². The van der Waals surface area contributed by atoms with Gasteiger partial charge < -0.3 is 10.4 Å². The molecule has 106 valence electrons. The van der Waals surface area contributed by atoms with Crippen LogP contribution in [0.1, 0.15) is 17.0 Å². The van der Waals surface area contributed by atoms with E-state index in [0.717, 1.165) is 5.56 Å². The zero-order valence-electron chi connectivity index (χ0n) is 11.2. The van der Waals surface area contributed by atoms with E-state index in [2.05, 4.69) is 25.9 Å². The maximum atomic E-state index is 10.7. The lowest BCUT2D eigenvalue weighted by atomic mass is 10.1. The Morgan fingerprint density at radius 1 is 1.57 bits per heavy atom. The summed E-state index contributed by atoms with van der Waals surface area (Å²) in [6.45, 7) is 1.88. The number of nitrogens with zero attached hydrogens (tertiary/aromatic N) is 4. The van der Waals surface area contributed by atoms with Crippen molar-refractivity contribution < 1.29 is 9.90 Å². The molecule has 0 aliphatic heterocycles.